The maximum absolute atomic E-state index is 5.49. The van der Waals surface area contributed by atoms with Crippen LogP contribution < -0.4 is 5.32 Å². The highest BCUT2D eigenvalue weighted by Crippen LogP contribution is 2.28. The van der Waals surface area contributed by atoms with Gasteiger partial charge in [-0.15, -0.1) is 6.42 Å². The first kappa shape index (κ1) is 13.5. The molecule has 2 unspecified atom stereocenters. The fraction of sp³-hybridized carbons (Fsp3) is 0.846. The van der Waals surface area contributed by atoms with Crippen LogP contribution in [0.15, 0.2) is 0 Å². The summed E-state index contributed by atoms with van der Waals surface area (Å²) in [7, 11) is 0. The van der Waals surface area contributed by atoms with Gasteiger partial charge in [0.15, 0.2) is 0 Å². The van der Waals surface area contributed by atoms with E-state index in [1.54, 1.807) is 0 Å². The van der Waals surface area contributed by atoms with Gasteiger partial charge >= 0.3 is 0 Å². The molecule has 0 rings (SSSR count). The zero-order valence-electron chi connectivity index (χ0n) is 10.4. The molecule has 2 atom stereocenters. The summed E-state index contributed by atoms with van der Waals surface area (Å²) in [6.45, 7) is 12.3. The highest BCUT2D eigenvalue weighted by Gasteiger charge is 2.22. The van der Waals surface area contributed by atoms with Gasteiger partial charge in [-0.2, -0.15) is 0 Å². The molecule has 0 saturated carbocycles. The van der Waals surface area contributed by atoms with Gasteiger partial charge in [-0.25, -0.2) is 0 Å². The minimum absolute atomic E-state index is 0.240. The molecule has 14 heavy (non-hydrogen) atoms. The first-order valence-electron chi connectivity index (χ1n) is 5.61. The first-order chi connectivity index (χ1) is 6.41. The lowest BCUT2D eigenvalue weighted by atomic mass is 9.78. The third-order valence-electron chi connectivity index (χ3n) is 2.91. The number of nitrogens with one attached hydrogen (secondary N) is 1. The molecule has 1 N–H and O–H groups in total. The molecule has 0 aliphatic carbocycles. The summed E-state index contributed by atoms with van der Waals surface area (Å²) in [5.41, 5.74) is 0.350. The van der Waals surface area contributed by atoms with Crippen LogP contribution in [0.3, 0.4) is 0 Å². The van der Waals surface area contributed by atoms with Gasteiger partial charge in [0.1, 0.15) is 0 Å². The topological polar surface area (TPSA) is 12.0 Å². The summed E-state index contributed by atoms with van der Waals surface area (Å²) in [6.07, 6.45) is 7.70. The molecule has 1 nitrogen and oxygen atoms in total. The molecular formula is C13H25N. The molecule has 0 spiro atoms. The normalized spacial score (nSPS) is 16.0. The van der Waals surface area contributed by atoms with E-state index in [0.29, 0.717) is 11.3 Å². The van der Waals surface area contributed by atoms with Gasteiger partial charge in [0.2, 0.25) is 0 Å². The molecule has 82 valence electrons. The van der Waals surface area contributed by atoms with Crippen molar-refractivity contribution in [1.29, 1.82) is 0 Å². The summed E-state index contributed by atoms with van der Waals surface area (Å²) in [5.74, 6) is 3.47. The Bertz CT molecular complexity index is 182. The molecule has 0 aromatic rings. The third-order valence-corrected chi connectivity index (χ3v) is 2.91. The van der Waals surface area contributed by atoms with Gasteiger partial charge in [-0.05, 0) is 30.7 Å². The molecule has 0 aliphatic heterocycles. The fourth-order valence-electron chi connectivity index (χ4n) is 1.24. The van der Waals surface area contributed by atoms with Gasteiger partial charge < -0.3 is 5.32 Å². The number of hydrogen-bond acceptors (Lipinski definition) is 1. The molecule has 0 aromatic carbocycles. The number of rotatable bonds is 5. The van der Waals surface area contributed by atoms with Crippen molar-refractivity contribution in [1.82, 2.24) is 5.32 Å². The molecule has 0 radical (unpaired) electrons. The van der Waals surface area contributed by atoms with Crippen molar-refractivity contribution in [3.05, 3.63) is 0 Å². The highest BCUT2D eigenvalue weighted by molar-refractivity contribution is 4.99. The summed E-state index contributed by atoms with van der Waals surface area (Å²) in [5, 5.41) is 3.39. The van der Waals surface area contributed by atoms with Crippen molar-refractivity contribution >= 4 is 0 Å². The third kappa shape index (κ3) is 5.29. The molecule has 1 heteroatoms. The molecule has 0 aliphatic rings. The molecule has 0 aromatic heterocycles. The van der Waals surface area contributed by atoms with Crippen molar-refractivity contribution in [3.63, 3.8) is 0 Å². The van der Waals surface area contributed by atoms with Gasteiger partial charge in [-0.3, -0.25) is 0 Å². The van der Waals surface area contributed by atoms with Gasteiger partial charge in [0.05, 0.1) is 6.04 Å². The van der Waals surface area contributed by atoms with E-state index in [1.807, 2.05) is 0 Å². The van der Waals surface area contributed by atoms with Crippen LogP contribution >= 0.6 is 0 Å². The monoisotopic (exact) mass is 195 g/mol. The van der Waals surface area contributed by atoms with E-state index in [9.17, 15) is 0 Å². The minimum Gasteiger partial charge on any atom is -0.304 e. The smallest absolute Gasteiger partial charge is 0.0689 e. The molecule has 0 heterocycles. The predicted molar refractivity (Wildman–Crippen MR) is 64.2 cm³/mol. The Morgan fingerprint density at radius 2 is 1.93 bits per heavy atom. The van der Waals surface area contributed by atoms with E-state index in [0.717, 1.165) is 19.4 Å². The van der Waals surface area contributed by atoms with Crippen LogP contribution in [-0.4, -0.2) is 12.6 Å². The number of terminal acetylenes is 1. The molecule has 0 fully saturated rings. The van der Waals surface area contributed by atoms with E-state index in [4.69, 9.17) is 6.42 Å². The Morgan fingerprint density at radius 3 is 2.29 bits per heavy atom. The van der Waals surface area contributed by atoms with Crippen LogP contribution in [0.25, 0.3) is 0 Å². The summed E-state index contributed by atoms with van der Waals surface area (Å²) < 4.78 is 0. The van der Waals surface area contributed by atoms with E-state index in [-0.39, 0.29) is 6.04 Å². The lowest BCUT2D eigenvalue weighted by molar-refractivity contribution is 0.234. The Balaban J connectivity index is 4.00. The van der Waals surface area contributed by atoms with Crippen LogP contribution in [0.2, 0.25) is 0 Å². The van der Waals surface area contributed by atoms with Crippen molar-refractivity contribution in [2.75, 3.05) is 6.54 Å². The average Bonchev–Trinajstić information content (AvgIpc) is 2.10. The van der Waals surface area contributed by atoms with E-state index < -0.39 is 0 Å². The Kier molecular flexibility index (Phi) is 5.88. The maximum atomic E-state index is 5.49. The summed E-state index contributed by atoms with van der Waals surface area (Å²) >= 11 is 0. The van der Waals surface area contributed by atoms with Gasteiger partial charge in [0.25, 0.3) is 0 Å². The molecule has 0 saturated heterocycles. The fourth-order valence-corrected chi connectivity index (χ4v) is 1.24. The second kappa shape index (κ2) is 6.09. The van der Waals surface area contributed by atoms with E-state index in [1.165, 1.54) is 0 Å². The minimum atomic E-state index is 0.240. The van der Waals surface area contributed by atoms with Crippen LogP contribution in [0.4, 0.5) is 0 Å². The Labute approximate surface area is 89.7 Å². The Hall–Kier alpha value is -0.480. The SMILES string of the molecule is C#CC(CC(C)C(C)(C)C)NCCC. The van der Waals surface area contributed by atoms with Crippen molar-refractivity contribution in [3.8, 4) is 12.3 Å². The predicted octanol–water partition coefficient (Wildman–Crippen LogP) is 3.06. The Morgan fingerprint density at radius 1 is 1.36 bits per heavy atom. The second-order valence-electron chi connectivity index (χ2n) is 5.18. The lowest BCUT2D eigenvalue weighted by Gasteiger charge is -2.29. The standard InChI is InChI=1S/C13H25N/c1-7-9-14-12(8-2)10-11(3)13(4,5)6/h2,11-12,14H,7,9-10H2,1,3-6H3. The zero-order valence-corrected chi connectivity index (χ0v) is 10.4. The van der Waals surface area contributed by atoms with Crippen molar-refractivity contribution in [2.24, 2.45) is 11.3 Å². The number of hydrogen-bond donors (Lipinski definition) is 1. The largest absolute Gasteiger partial charge is 0.304 e. The lowest BCUT2D eigenvalue weighted by Crippen LogP contribution is -2.33. The summed E-state index contributed by atoms with van der Waals surface area (Å²) in [4.78, 5) is 0. The summed E-state index contributed by atoms with van der Waals surface area (Å²) in [6, 6.07) is 0.240. The highest BCUT2D eigenvalue weighted by atomic mass is 14.9. The average molecular weight is 195 g/mol. The van der Waals surface area contributed by atoms with Crippen molar-refractivity contribution in [2.45, 2.75) is 53.5 Å². The second-order valence-corrected chi connectivity index (χ2v) is 5.18. The van der Waals surface area contributed by atoms with E-state index >= 15 is 0 Å². The van der Waals surface area contributed by atoms with Gasteiger partial charge in [0, 0.05) is 0 Å². The zero-order chi connectivity index (χ0) is 11.2. The first-order valence-corrected chi connectivity index (χ1v) is 5.61. The molecule has 0 amide bonds. The van der Waals surface area contributed by atoms with Crippen LogP contribution in [0.1, 0.15) is 47.5 Å². The van der Waals surface area contributed by atoms with Crippen LogP contribution in [0, 0.1) is 23.7 Å². The van der Waals surface area contributed by atoms with Crippen LogP contribution in [0.5, 0.6) is 0 Å². The molecular weight excluding hydrogens is 170 g/mol. The van der Waals surface area contributed by atoms with Gasteiger partial charge in [-0.1, -0.05) is 40.5 Å². The van der Waals surface area contributed by atoms with E-state index in [2.05, 4.69) is 45.9 Å². The van der Waals surface area contributed by atoms with Crippen LogP contribution in [-0.2, 0) is 0 Å². The maximum Gasteiger partial charge on any atom is 0.0689 e. The molecule has 0 bridgehead atoms. The quantitative estimate of drug-likeness (QED) is 0.665. The van der Waals surface area contributed by atoms with Crippen molar-refractivity contribution < 1.29 is 0 Å².